The summed E-state index contributed by atoms with van der Waals surface area (Å²) in [6, 6.07) is 0. The monoisotopic (exact) mass is 346 g/mol. The number of nitrogens with zero attached hydrogens (tertiary/aromatic N) is 4. The van der Waals surface area contributed by atoms with E-state index in [-0.39, 0.29) is 6.54 Å². The third-order valence-electron chi connectivity index (χ3n) is 3.98. The Morgan fingerprint density at radius 2 is 1.96 bits per heavy atom. The van der Waals surface area contributed by atoms with Crippen LogP contribution < -0.4 is 10.6 Å². The van der Waals surface area contributed by atoms with E-state index in [1.807, 2.05) is 0 Å². The summed E-state index contributed by atoms with van der Waals surface area (Å²) in [4.78, 5) is 3.92. The van der Waals surface area contributed by atoms with Gasteiger partial charge in [-0.05, 0) is 19.3 Å². The minimum absolute atomic E-state index is 0.180. The Hall–Kier alpha value is -1.80. The zero-order valence-corrected chi connectivity index (χ0v) is 14.0. The molecule has 9 heteroatoms. The lowest BCUT2D eigenvalue weighted by atomic mass is 10.2. The van der Waals surface area contributed by atoms with Crippen molar-refractivity contribution in [1.29, 1.82) is 0 Å². The molecule has 24 heavy (non-hydrogen) atoms. The topological polar surface area (TPSA) is 67.1 Å². The molecule has 136 valence electrons. The SMILES string of the molecule is CN=C(NCCCc1nnc2n1CCCCC2)NCCC(F)(F)F. The van der Waals surface area contributed by atoms with Crippen LogP contribution in [0, 0.1) is 0 Å². The Bertz CT molecular complexity index is 538. The molecule has 0 fully saturated rings. The second-order valence-electron chi connectivity index (χ2n) is 5.89. The molecular formula is C15H25F3N6. The van der Waals surface area contributed by atoms with Crippen LogP contribution in [-0.4, -0.2) is 47.0 Å². The standard InChI is InChI=1S/C15H25F3N6/c1-19-14(21-10-8-15(16,17)18)20-9-5-7-13-23-22-12-6-3-2-4-11-24(12)13/h2-11H2,1H3,(H2,19,20,21). The normalized spacial score (nSPS) is 15.8. The van der Waals surface area contributed by atoms with Gasteiger partial charge in [-0.3, -0.25) is 4.99 Å². The Kier molecular flexibility index (Phi) is 6.86. The molecule has 0 bridgehead atoms. The Balaban J connectivity index is 1.69. The van der Waals surface area contributed by atoms with Gasteiger partial charge < -0.3 is 15.2 Å². The molecule has 0 aromatic carbocycles. The molecule has 1 aliphatic heterocycles. The van der Waals surface area contributed by atoms with Crippen LogP contribution in [0.3, 0.4) is 0 Å². The van der Waals surface area contributed by atoms with E-state index in [9.17, 15) is 13.2 Å². The van der Waals surface area contributed by atoms with Crippen LogP contribution in [0.25, 0.3) is 0 Å². The fourth-order valence-electron chi connectivity index (χ4n) is 2.73. The Morgan fingerprint density at radius 1 is 1.17 bits per heavy atom. The largest absolute Gasteiger partial charge is 0.390 e. The number of aryl methyl sites for hydroxylation is 2. The summed E-state index contributed by atoms with van der Waals surface area (Å²) in [5.41, 5.74) is 0. The molecule has 1 aromatic rings. The molecule has 0 unspecified atom stereocenters. The molecule has 2 heterocycles. The van der Waals surface area contributed by atoms with Gasteiger partial charge in [0.15, 0.2) is 5.96 Å². The van der Waals surface area contributed by atoms with Crippen LogP contribution in [0.5, 0.6) is 0 Å². The predicted molar refractivity (Wildman–Crippen MR) is 85.9 cm³/mol. The summed E-state index contributed by atoms with van der Waals surface area (Å²) in [6.07, 6.45) is 1.12. The zero-order chi connectivity index (χ0) is 17.4. The lowest BCUT2D eigenvalue weighted by molar-refractivity contribution is -0.132. The molecule has 1 aromatic heterocycles. The first-order valence-corrected chi connectivity index (χ1v) is 8.42. The van der Waals surface area contributed by atoms with Crippen molar-refractivity contribution in [3.63, 3.8) is 0 Å². The minimum Gasteiger partial charge on any atom is -0.356 e. The third-order valence-corrected chi connectivity index (χ3v) is 3.98. The summed E-state index contributed by atoms with van der Waals surface area (Å²) in [5, 5.41) is 14.2. The Labute approximate surface area is 139 Å². The molecule has 0 atom stereocenters. The van der Waals surface area contributed by atoms with Gasteiger partial charge in [0.2, 0.25) is 0 Å². The predicted octanol–water partition coefficient (Wildman–Crippen LogP) is 2.05. The van der Waals surface area contributed by atoms with Crippen LogP contribution in [0.4, 0.5) is 13.2 Å². The maximum atomic E-state index is 12.1. The van der Waals surface area contributed by atoms with E-state index in [4.69, 9.17) is 0 Å². The maximum Gasteiger partial charge on any atom is 0.390 e. The van der Waals surface area contributed by atoms with Crippen molar-refractivity contribution < 1.29 is 13.2 Å². The summed E-state index contributed by atoms with van der Waals surface area (Å²) in [5.74, 6) is 2.45. The molecule has 0 saturated carbocycles. The average molecular weight is 346 g/mol. The zero-order valence-electron chi connectivity index (χ0n) is 14.0. The number of aromatic nitrogens is 3. The summed E-state index contributed by atoms with van der Waals surface area (Å²) in [6.45, 7) is 1.42. The van der Waals surface area contributed by atoms with Crippen molar-refractivity contribution in [1.82, 2.24) is 25.4 Å². The molecule has 0 saturated heterocycles. The second kappa shape index (κ2) is 8.89. The van der Waals surface area contributed by atoms with Crippen molar-refractivity contribution in [3.05, 3.63) is 11.6 Å². The number of halogens is 3. The van der Waals surface area contributed by atoms with E-state index in [2.05, 4.69) is 30.4 Å². The van der Waals surface area contributed by atoms with Gasteiger partial charge in [-0.15, -0.1) is 10.2 Å². The number of nitrogens with one attached hydrogen (secondary N) is 2. The molecule has 6 nitrogen and oxygen atoms in total. The molecule has 0 spiro atoms. The number of hydrogen-bond acceptors (Lipinski definition) is 3. The van der Waals surface area contributed by atoms with Crippen molar-refractivity contribution >= 4 is 5.96 Å². The van der Waals surface area contributed by atoms with E-state index >= 15 is 0 Å². The summed E-state index contributed by atoms with van der Waals surface area (Å²) < 4.78 is 38.6. The number of fused-ring (bicyclic) bond motifs is 1. The smallest absolute Gasteiger partial charge is 0.356 e. The number of aliphatic imine (C=N–C) groups is 1. The number of rotatable bonds is 6. The van der Waals surface area contributed by atoms with Gasteiger partial charge in [-0.2, -0.15) is 13.2 Å². The molecule has 2 rings (SSSR count). The first-order chi connectivity index (χ1) is 11.5. The second-order valence-corrected chi connectivity index (χ2v) is 5.89. The van der Waals surface area contributed by atoms with Gasteiger partial charge in [0.25, 0.3) is 0 Å². The van der Waals surface area contributed by atoms with Crippen molar-refractivity contribution in [2.45, 2.75) is 57.7 Å². The number of hydrogen-bond donors (Lipinski definition) is 2. The quantitative estimate of drug-likeness (QED) is 0.470. The van der Waals surface area contributed by atoms with Crippen molar-refractivity contribution in [2.24, 2.45) is 4.99 Å². The van der Waals surface area contributed by atoms with Gasteiger partial charge in [0.05, 0.1) is 6.42 Å². The van der Waals surface area contributed by atoms with Crippen molar-refractivity contribution in [3.8, 4) is 0 Å². The highest BCUT2D eigenvalue weighted by atomic mass is 19.4. The van der Waals surface area contributed by atoms with E-state index in [1.54, 1.807) is 7.05 Å². The van der Waals surface area contributed by atoms with E-state index in [1.165, 1.54) is 12.8 Å². The van der Waals surface area contributed by atoms with Crippen LogP contribution >= 0.6 is 0 Å². The van der Waals surface area contributed by atoms with Crippen LogP contribution in [0.1, 0.15) is 43.8 Å². The van der Waals surface area contributed by atoms with E-state index in [0.29, 0.717) is 12.5 Å². The molecule has 0 amide bonds. The first kappa shape index (κ1) is 18.5. The van der Waals surface area contributed by atoms with Crippen molar-refractivity contribution in [2.75, 3.05) is 20.1 Å². The highest BCUT2D eigenvalue weighted by Crippen LogP contribution is 2.18. The van der Waals surface area contributed by atoms with E-state index < -0.39 is 12.6 Å². The van der Waals surface area contributed by atoms with Gasteiger partial charge in [0.1, 0.15) is 11.6 Å². The third kappa shape index (κ3) is 6.01. The Morgan fingerprint density at radius 3 is 2.71 bits per heavy atom. The fourth-order valence-corrected chi connectivity index (χ4v) is 2.73. The average Bonchev–Trinajstić information content (AvgIpc) is 2.76. The lowest BCUT2D eigenvalue weighted by Gasteiger charge is -2.13. The van der Waals surface area contributed by atoms with Gasteiger partial charge >= 0.3 is 6.18 Å². The van der Waals surface area contributed by atoms with E-state index in [0.717, 1.165) is 43.9 Å². The highest BCUT2D eigenvalue weighted by Gasteiger charge is 2.26. The van der Waals surface area contributed by atoms with Crippen LogP contribution in [-0.2, 0) is 19.4 Å². The number of alkyl halides is 3. The van der Waals surface area contributed by atoms with Gasteiger partial charge in [-0.1, -0.05) is 6.42 Å². The molecule has 2 N–H and O–H groups in total. The molecule has 0 radical (unpaired) electrons. The highest BCUT2D eigenvalue weighted by molar-refractivity contribution is 5.79. The summed E-state index contributed by atoms with van der Waals surface area (Å²) >= 11 is 0. The lowest BCUT2D eigenvalue weighted by Crippen LogP contribution is -2.39. The molecule has 0 aliphatic carbocycles. The first-order valence-electron chi connectivity index (χ1n) is 8.42. The fraction of sp³-hybridized carbons (Fsp3) is 0.800. The molecule has 1 aliphatic rings. The van der Waals surface area contributed by atoms with Crippen LogP contribution in [0.2, 0.25) is 0 Å². The number of guanidine groups is 1. The van der Waals surface area contributed by atoms with Crippen LogP contribution in [0.15, 0.2) is 4.99 Å². The maximum absolute atomic E-state index is 12.1. The minimum atomic E-state index is -4.16. The molecular weight excluding hydrogens is 321 g/mol. The summed E-state index contributed by atoms with van der Waals surface area (Å²) in [7, 11) is 1.54. The van der Waals surface area contributed by atoms with Gasteiger partial charge in [0, 0.05) is 39.5 Å². The van der Waals surface area contributed by atoms with Gasteiger partial charge in [-0.25, -0.2) is 0 Å².